The van der Waals surface area contributed by atoms with Crippen molar-refractivity contribution in [1.29, 1.82) is 0 Å². The zero-order valence-corrected chi connectivity index (χ0v) is 11.1. The van der Waals surface area contributed by atoms with Gasteiger partial charge in [0.2, 0.25) is 5.95 Å². The summed E-state index contributed by atoms with van der Waals surface area (Å²) < 4.78 is 1.37. The van der Waals surface area contributed by atoms with Gasteiger partial charge in [-0.1, -0.05) is 6.92 Å². The number of carboxylic acids is 1. The van der Waals surface area contributed by atoms with Crippen molar-refractivity contribution in [1.82, 2.24) is 19.5 Å². The molecule has 0 aliphatic heterocycles. The van der Waals surface area contributed by atoms with Gasteiger partial charge >= 0.3 is 11.7 Å². The quantitative estimate of drug-likeness (QED) is 0.604. The first-order chi connectivity index (χ1) is 9.43. The predicted octanol–water partition coefficient (Wildman–Crippen LogP) is -0.120. The largest absolute Gasteiger partial charge is 0.480 e. The lowest BCUT2D eigenvalue weighted by Gasteiger charge is -2.12. The number of imidazole rings is 1. The third kappa shape index (κ3) is 2.42. The molecule has 0 aromatic carbocycles. The van der Waals surface area contributed by atoms with Crippen molar-refractivity contribution in [3.05, 3.63) is 20.8 Å². The SMILES string of the molecule is CCC(C)n1c(=O)[nH]c(=O)c2[nH]c(NCC(=O)O)nc21. The summed E-state index contributed by atoms with van der Waals surface area (Å²) in [5, 5.41) is 11.1. The minimum atomic E-state index is -1.06. The van der Waals surface area contributed by atoms with Crippen LogP contribution in [0.5, 0.6) is 0 Å². The van der Waals surface area contributed by atoms with Gasteiger partial charge in [-0.15, -0.1) is 0 Å². The molecule has 2 aromatic rings. The molecule has 9 heteroatoms. The fraction of sp³-hybridized carbons (Fsp3) is 0.455. The van der Waals surface area contributed by atoms with Crippen LogP contribution in [0.2, 0.25) is 0 Å². The number of H-pyrrole nitrogens is 2. The highest BCUT2D eigenvalue weighted by Crippen LogP contribution is 2.14. The molecule has 0 saturated carbocycles. The lowest BCUT2D eigenvalue weighted by Crippen LogP contribution is -2.32. The van der Waals surface area contributed by atoms with Crippen molar-refractivity contribution in [2.24, 2.45) is 0 Å². The number of anilines is 1. The predicted molar refractivity (Wildman–Crippen MR) is 72.1 cm³/mol. The number of nitrogens with zero attached hydrogens (tertiary/aromatic N) is 2. The van der Waals surface area contributed by atoms with Crippen molar-refractivity contribution in [2.45, 2.75) is 26.3 Å². The highest BCUT2D eigenvalue weighted by Gasteiger charge is 2.16. The Balaban J connectivity index is 2.59. The van der Waals surface area contributed by atoms with Gasteiger partial charge in [0.25, 0.3) is 5.56 Å². The van der Waals surface area contributed by atoms with Crippen LogP contribution in [0, 0.1) is 0 Å². The van der Waals surface area contributed by atoms with Gasteiger partial charge in [0, 0.05) is 6.04 Å². The minimum Gasteiger partial charge on any atom is -0.480 e. The van der Waals surface area contributed by atoms with Gasteiger partial charge in [-0.25, -0.2) is 4.79 Å². The summed E-state index contributed by atoms with van der Waals surface area (Å²) in [6.07, 6.45) is 0.686. The Morgan fingerprint density at radius 1 is 1.45 bits per heavy atom. The second kappa shape index (κ2) is 5.19. The molecular formula is C11H15N5O4. The molecule has 0 bridgehead atoms. The van der Waals surface area contributed by atoms with Crippen LogP contribution in [-0.4, -0.2) is 37.1 Å². The van der Waals surface area contributed by atoms with Crippen LogP contribution < -0.4 is 16.6 Å². The second-order valence-electron chi connectivity index (χ2n) is 4.42. The summed E-state index contributed by atoms with van der Waals surface area (Å²) in [5.41, 5.74) is -0.771. The van der Waals surface area contributed by atoms with Crippen LogP contribution in [0.4, 0.5) is 5.95 Å². The molecule has 1 atom stereocenters. The summed E-state index contributed by atoms with van der Waals surface area (Å²) >= 11 is 0. The molecule has 108 valence electrons. The lowest BCUT2D eigenvalue weighted by atomic mass is 10.2. The van der Waals surface area contributed by atoms with E-state index >= 15 is 0 Å². The van der Waals surface area contributed by atoms with E-state index in [4.69, 9.17) is 5.11 Å². The molecule has 20 heavy (non-hydrogen) atoms. The number of hydrogen-bond donors (Lipinski definition) is 4. The molecule has 9 nitrogen and oxygen atoms in total. The number of aliphatic carboxylic acids is 1. The molecule has 0 radical (unpaired) electrons. The Bertz CT molecular complexity index is 756. The third-order valence-corrected chi connectivity index (χ3v) is 3.02. The Morgan fingerprint density at radius 2 is 2.15 bits per heavy atom. The molecule has 4 N–H and O–H groups in total. The van der Waals surface area contributed by atoms with E-state index in [1.54, 1.807) is 0 Å². The van der Waals surface area contributed by atoms with Gasteiger partial charge in [0.1, 0.15) is 6.54 Å². The van der Waals surface area contributed by atoms with Gasteiger partial charge in [-0.2, -0.15) is 4.98 Å². The topological polar surface area (TPSA) is 133 Å². The van der Waals surface area contributed by atoms with Crippen molar-refractivity contribution < 1.29 is 9.90 Å². The van der Waals surface area contributed by atoms with E-state index < -0.39 is 17.2 Å². The number of carboxylic acid groups (broad SMARTS) is 1. The summed E-state index contributed by atoms with van der Waals surface area (Å²) in [4.78, 5) is 43.1. The van der Waals surface area contributed by atoms with Crippen molar-refractivity contribution >= 4 is 23.1 Å². The molecule has 2 heterocycles. The van der Waals surface area contributed by atoms with E-state index in [9.17, 15) is 14.4 Å². The summed E-state index contributed by atoms with van der Waals surface area (Å²) in [5.74, 6) is -0.922. The minimum absolute atomic E-state index is 0.135. The zero-order valence-electron chi connectivity index (χ0n) is 11.1. The number of aromatic nitrogens is 4. The van der Waals surface area contributed by atoms with Gasteiger partial charge in [0.05, 0.1) is 0 Å². The van der Waals surface area contributed by atoms with E-state index in [0.29, 0.717) is 6.42 Å². The number of fused-ring (bicyclic) bond motifs is 1. The Kier molecular flexibility index (Phi) is 3.59. The molecule has 0 fully saturated rings. The molecular weight excluding hydrogens is 266 g/mol. The highest BCUT2D eigenvalue weighted by atomic mass is 16.4. The zero-order chi connectivity index (χ0) is 14.9. The molecule has 2 rings (SSSR count). The number of aromatic amines is 2. The molecule has 0 spiro atoms. The summed E-state index contributed by atoms with van der Waals surface area (Å²) in [7, 11) is 0. The molecule has 0 aliphatic rings. The van der Waals surface area contributed by atoms with E-state index in [1.807, 2.05) is 13.8 Å². The van der Waals surface area contributed by atoms with E-state index in [-0.39, 0.29) is 29.7 Å². The average Bonchev–Trinajstić information content (AvgIpc) is 2.80. The molecule has 0 aliphatic carbocycles. The molecule has 1 unspecified atom stereocenters. The van der Waals surface area contributed by atoms with Gasteiger partial charge in [-0.05, 0) is 13.3 Å². The monoisotopic (exact) mass is 281 g/mol. The average molecular weight is 281 g/mol. The Labute approximate surface area is 112 Å². The number of hydrogen-bond acceptors (Lipinski definition) is 5. The smallest absolute Gasteiger partial charge is 0.330 e. The molecule has 0 amide bonds. The third-order valence-electron chi connectivity index (χ3n) is 3.02. The number of rotatable bonds is 5. The van der Waals surface area contributed by atoms with Crippen molar-refractivity contribution in [3.8, 4) is 0 Å². The van der Waals surface area contributed by atoms with Crippen LogP contribution in [0.3, 0.4) is 0 Å². The maximum atomic E-state index is 11.9. The summed E-state index contributed by atoms with van der Waals surface area (Å²) in [6, 6.07) is -0.141. The normalized spacial score (nSPS) is 12.5. The standard InChI is InChI=1S/C11H15N5O4/c1-3-5(2)16-8-7(9(19)15-11(16)20)13-10(14-8)12-4-6(17)18/h5H,3-4H2,1-2H3,(H,17,18)(H2,12,13,14)(H,15,19,20). The fourth-order valence-corrected chi connectivity index (χ4v) is 1.85. The van der Waals surface area contributed by atoms with Crippen LogP contribution >= 0.6 is 0 Å². The second-order valence-corrected chi connectivity index (χ2v) is 4.42. The van der Waals surface area contributed by atoms with Gasteiger partial charge < -0.3 is 15.4 Å². The maximum absolute atomic E-state index is 11.9. The first-order valence-electron chi connectivity index (χ1n) is 6.14. The van der Waals surface area contributed by atoms with E-state index in [2.05, 4.69) is 20.3 Å². The van der Waals surface area contributed by atoms with Crippen LogP contribution in [0.1, 0.15) is 26.3 Å². The number of nitrogens with one attached hydrogen (secondary N) is 3. The van der Waals surface area contributed by atoms with Crippen molar-refractivity contribution in [2.75, 3.05) is 11.9 Å². The lowest BCUT2D eigenvalue weighted by molar-refractivity contribution is -0.134. The fourth-order valence-electron chi connectivity index (χ4n) is 1.85. The highest BCUT2D eigenvalue weighted by molar-refractivity contribution is 5.75. The Hall–Kier alpha value is -2.58. The van der Waals surface area contributed by atoms with Gasteiger partial charge in [0.15, 0.2) is 11.2 Å². The van der Waals surface area contributed by atoms with Crippen molar-refractivity contribution in [3.63, 3.8) is 0 Å². The van der Waals surface area contributed by atoms with Crippen LogP contribution in [-0.2, 0) is 4.79 Å². The molecule has 2 aromatic heterocycles. The van der Waals surface area contributed by atoms with Crippen LogP contribution in [0.15, 0.2) is 9.59 Å². The first kappa shape index (κ1) is 13.8. The van der Waals surface area contributed by atoms with E-state index in [0.717, 1.165) is 0 Å². The molecule has 0 saturated heterocycles. The summed E-state index contributed by atoms with van der Waals surface area (Å²) in [6.45, 7) is 3.40. The maximum Gasteiger partial charge on any atom is 0.330 e. The van der Waals surface area contributed by atoms with E-state index in [1.165, 1.54) is 4.57 Å². The van der Waals surface area contributed by atoms with Crippen LogP contribution in [0.25, 0.3) is 11.2 Å². The number of carbonyl (C=O) groups is 1. The van der Waals surface area contributed by atoms with Gasteiger partial charge in [-0.3, -0.25) is 19.1 Å². The first-order valence-corrected chi connectivity index (χ1v) is 6.14. The Morgan fingerprint density at radius 3 is 2.75 bits per heavy atom.